The second-order valence-electron chi connectivity index (χ2n) is 6.24. The lowest BCUT2D eigenvalue weighted by Crippen LogP contribution is -1.98. The zero-order chi connectivity index (χ0) is 19.3. The first-order valence-corrected chi connectivity index (χ1v) is 10.1. The van der Waals surface area contributed by atoms with Crippen LogP contribution in [-0.4, -0.2) is 16.2 Å². The zero-order valence-electron chi connectivity index (χ0n) is 15.5. The van der Waals surface area contributed by atoms with E-state index in [9.17, 15) is 0 Å². The second-order valence-corrected chi connectivity index (χ2v) is 7.19. The molecule has 0 aliphatic rings. The minimum atomic E-state index is 0.652. The van der Waals surface area contributed by atoms with Gasteiger partial charge >= 0.3 is 0 Å². The number of nitrogens with zero attached hydrogens (tertiary/aromatic N) is 3. The van der Waals surface area contributed by atoms with Gasteiger partial charge in [0.15, 0.2) is 5.16 Å². The largest absolute Gasteiger partial charge is 0.494 e. The predicted molar refractivity (Wildman–Crippen MR) is 113 cm³/mol. The first-order valence-electron chi connectivity index (χ1n) is 9.11. The van der Waals surface area contributed by atoms with Crippen LogP contribution in [-0.2, 0) is 5.75 Å². The van der Waals surface area contributed by atoms with Crippen LogP contribution in [0.3, 0.4) is 0 Å². The van der Waals surface area contributed by atoms with Crippen molar-refractivity contribution in [3.63, 3.8) is 0 Å². The molecule has 5 heteroatoms. The number of rotatable bonds is 6. The molecule has 0 bridgehead atoms. The molecule has 1 aromatic heterocycles. The fourth-order valence-electron chi connectivity index (χ4n) is 3.03. The van der Waals surface area contributed by atoms with Crippen molar-refractivity contribution < 1.29 is 4.74 Å². The summed E-state index contributed by atoms with van der Waals surface area (Å²) in [7, 11) is 0. The van der Waals surface area contributed by atoms with Gasteiger partial charge in [-0.05, 0) is 61.0 Å². The Morgan fingerprint density at radius 1 is 1.00 bits per heavy atom. The van der Waals surface area contributed by atoms with Gasteiger partial charge < -0.3 is 4.74 Å². The highest BCUT2D eigenvalue weighted by atomic mass is 32.2. The third-order valence-electron chi connectivity index (χ3n) is 4.39. The van der Waals surface area contributed by atoms with E-state index in [0.29, 0.717) is 12.2 Å². The van der Waals surface area contributed by atoms with E-state index in [4.69, 9.17) is 15.0 Å². The molecule has 3 aromatic carbocycles. The summed E-state index contributed by atoms with van der Waals surface area (Å²) in [4.78, 5) is 4.84. The Kier molecular flexibility index (Phi) is 5.31. The van der Waals surface area contributed by atoms with Crippen LogP contribution in [0.25, 0.3) is 16.7 Å². The molecule has 0 saturated heterocycles. The van der Waals surface area contributed by atoms with Crippen molar-refractivity contribution in [1.29, 1.82) is 5.26 Å². The summed E-state index contributed by atoms with van der Waals surface area (Å²) in [6.45, 7) is 2.63. The van der Waals surface area contributed by atoms with E-state index >= 15 is 0 Å². The molecule has 4 rings (SSSR count). The van der Waals surface area contributed by atoms with Crippen molar-refractivity contribution in [1.82, 2.24) is 9.55 Å². The van der Waals surface area contributed by atoms with Gasteiger partial charge in [-0.25, -0.2) is 4.98 Å². The Bertz CT molecular complexity index is 1130. The number of thioether (sulfide) groups is 1. The molecule has 0 spiro atoms. The van der Waals surface area contributed by atoms with Gasteiger partial charge in [-0.3, -0.25) is 4.57 Å². The molecule has 0 atom stereocenters. The highest BCUT2D eigenvalue weighted by molar-refractivity contribution is 7.98. The van der Waals surface area contributed by atoms with Crippen LogP contribution in [0, 0.1) is 11.3 Å². The topological polar surface area (TPSA) is 50.8 Å². The number of ether oxygens (including phenoxy) is 1. The van der Waals surface area contributed by atoms with E-state index in [-0.39, 0.29) is 0 Å². The van der Waals surface area contributed by atoms with E-state index in [2.05, 4.69) is 28.8 Å². The Hall–Kier alpha value is -3.23. The average molecular weight is 385 g/mol. The number of aromatic nitrogens is 2. The number of fused-ring (bicyclic) bond motifs is 1. The molecular formula is C23H19N3OS. The van der Waals surface area contributed by atoms with Gasteiger partial charge in [0.05, 0.1) is 29.3 Å². The number of nitriles is 1. The number of imidazole rings is 1. The SMILES string of the molecule is CCOc1ccc(-n2c(SCc3ccc(C#N)cc3)nc3ccccc32)cc1. The molecular weight excluding hydrogens is 366 g/mol. The molecule has 0 unspecified atom stereocenters. The van der Waals surface area contributed by atoms with Crippen molar-refractivity contribution in [2.45, 2.75) is 17.8 Å². The Morgan fingerprint density at radius 3 is 2.46 bits per heavy atom. The summed E-state index contributed by atoms with van der Waals surface area (Å²) in [6.07, 6.45) is 0. The molecule has 4 aromatic rings. The molecule has 1 heterocycles. The van der Waals surface area contributed by atoms with Crippen molar-refractivity contribution >= 4 is 22.8 Å². The quantitative estimate of drug-likeness (QED) is 0.406. The molecule has 0 aliphatic carbocycles. The maximum atomic E-state index is 8.96. The number of hydrogen-bond donors (Lipinski definition) is 0. The predicted octanol–water partition coefficient (Wildman–Crippen LogP) is 5.59. The summed E-state index contributed by atoms with van der Waals surface area (Å²) in [5.41, 5.74) is 4.94. The molecule has 0 saturated carbocycles. The smallest absolute Gasteiger partial charge is 0.174 e. The van der Waals surface area contributed by atoms with Crippen LogP contribution in [0.5, 0.6) is 5.75 Å². The van der Waals surface area contributed by atoms with Crippen LogP contribution in [0.2, 0.25) is 0 Å². The van der Waals surface area contributed by atoms with Crippen molar-refractivity contribution in [2.24, 2.45) is 0 Å². The van der Waals surface area contributed by atoms with E-state index in [0.717, 1.165) is 38.9 Å². The summed E-state index contributed by atoms with van der Waals surface area (Å²) in [5, 5.41) is 9.89. The molecule has 4 nitrogen and oxygen atoms in total. The maximum absolute atomic E-state index is 8.96. The first-order chi connectivity index (χ1) is 13.8. The van der Waals surface area contributed by atoms with E-state index in [1.165, 1.54) is 0 Å². The Balaban J connectivity index is 1.67. The zero-order valence-corrected chi connectivity index (χ0v) is 16.3. The minimum Gasteiger partial charge on any atom is -0.494 e. The third kappa shape index (κ3) is 3.73. The van der Waals surface area contributed by atoms with Gasteiger partial charge in [0.2, 0.25) is 0 Å². The van der Waals surface area contributed by atoms with Gasteiger partial charge in [-0.2, -0.15) is 5.26 Å². The van der Waals surface area contributed by atoms with Crippen LogP contribution < -0.4 is 4.74 Å². The molecule has 0 aliphatic heterocycles. The molecule has 28 heavy (non-hydrogen) atoms. The summed E-state index contributed by atoms with van der Waals surface area (Å²) in [6, 6.07) is 26.1. The van der Waals surface area contributed by atoms with Crippen molar-refractivity contribution in [3.05, 3.63) is 83.9 Å². The highest BCUT2D eigenvalue weighted by Gasteiger charge is 2.13. The lowest BCUT2D eigenvalue weighted by molar-refractivity contribution is 0.340. The minimum absolute atomic E-state index is 0.652. The molecule has 0 radical (unpaired) electrons. The average Bonchev–Trinajstić information content (AvgIpc) is 3.12. The van der Waals surface area contributed by atoms with Crippen LogP contribution >= 0.6 is 11.8 Å². The lowest BCUT2D eigenvalue weighted by atomic mass is 10.2. The maximum Gasteiger partial charge on any atom is 0.174 e. The fourth-order valence-corrected chi connectivity index (χ4v) is 4.02. The number of benzene rings is 3. The number of hydrogen-bond acceptors (Lipinski definition) is 4. The second kappa shape index (κ2) is 8.20. The molecule has 0 fully saturated rings. The molecule has 0 amide bonds. The van der Waals surface area contributed by atoms with Crippen molar-refractivity contribution in [2.75, 3.05) is 6.61 Å². The Morgan fingerprint density at radius 2 is 1.75 bits per heavy atom. The summed E-state index contributed by atoms with van der Waals surface area (Å²) in [5.74, 6) is 1.65. The van der Waals surface area contributed by atoms with E-state index < -0.39 is 0 Å². The van der Waals surface area contributed by atoms with Gasteiger partial charge in [0.1, 0.15) is 5.75 Å². The van der Waals surface area contributed by atoms with E-state index in [1.807, 2.05) is 61.5 Å². The number of para-hydroxylation sites is 2. The van der Waals surface area contributed by atoms with E-state index in [1.54, 1.807) is 11.8 Å². The lowest BCUT2D eigenvalue weighted by Gasteiger charge is -2.10. The third-order valence-corrected chi connectivity index (χ3v) is 5.40. The standard InChI is InChI=1S/C23H19N3OS/c1-2-27-20-13-11-19(12-14-20)26-22-6-4-3-5-21(22)25-23(26)28-16-18-9-7-17(15-24)8-10-18/h3-14H,2,16H2,1H3. The molecule has 138 valence electrons. The van der Waals surface area contributed by atoms with Crippen LogP contribution in [0.15, 0.2) is 78.0 Å². The Labute approximate surface area is 168 Å². The van der Waals surface area contributed by atoms with Crippen LogP contribution in [0.4, 0.5) is 0 Å². The highest BCUT2D eigenvalue weighted by Crippen LogP contribution is 2.30. The fraction of sp³-hybridized carbons (Fsp3) is 0.130. The van der Waals surface area contributed by atoms with Gasteiger partial charge in [0.25, 0.3) is 0 Å². The monoisotopic (exact) mass is 385 g/mol. The van der Waals surface area contributed by atoms with Crippen molar-refractivity contribution in [3.8, 4) is 17.5 Å². The first kappa shape index (κ1) is 18.1. The van der Waals surface area contributed by atoms with Gasteiger partial charge in [0, 0.05) is 11.4 Å². The summed E-state index contributed by atoms with van der Waals surface area (Å²) < 4.78 is 7.75. The van der Waals surface area contributed by atoms with Gasteiger partial charge in [-0.15, -0.1) is 0 Å². The normalized spacial score (nSPS) is 10.7. The van der Waals surface area contributed by atoms with Crippen LogP contribution in [0.1, 0.15) is 18.1 Å². The summed E-state index contributed by atoms with van der Waals surface area (Å²) >= 11 is 1.69. The van der Waals surface area contributed by atoms with Gasteiger partial charge in [-0.1, -0.05) is 36.0 Å². The molecule has 0 N–H and O–H groups in total.